The van der Waals surface area contributed by atoms with Crippen molar-refractivity contribution < 1.29 is 4.74 Å². The SMILES string of the molecule is CC(C)=C1Oc2ccccc2C=C1c1ccccc1. The van der Waals surface area contributed by atoms with E-state index in [1.807, 2.05) is 24.3 Å². The fraction of sp³-hybridized carbons (Fsp3) is 0.111. The number of rotatable bonds is 1. The number of benzene rings is 2. The van der Waals surface area contributed by atoms with E-state index in [0.717, 1.165) is 22.6 Å². The van der Waals surface area contributed by atoms with Crippen molar-refractivity contribution >= 4 is 11.6 Å². The molecule has 1 nitrogen and oxygen atoms in total. The van der Waals surface area contributed by atoms with Gasteiger partial charge in [0, 0.05) is 11.1 Å². The van der Waals surface area contributed by atoms with E-state index in [9.17, 15) is 0 Å². The molecule has 2 aromatic carbocycles. The first-order valence-electron chi connectivity index (χ1n) is 6.47. The second-order valence-corrected chi connectivity index (χ2v) is 4.89. The first-order valence-corrected chi connectivity index (χ1v) is 6.47. The van der Waals surface area contributed by atoms with Gasteiger partial charge in [-0.05, 0) is 37.1 Å². The van der Waals surface area contributed by atoms with E-state index in [1.165, 1.54) is 11.1 Å². The Morgan fingerprint density at radius 2 is 1.53 bits per heavy atom. The van der Waals surface area contributed by atoms with Crippen molar-refractivity contribution in [3.8, 4) is 5.75 Å². The van der Waals surface area contributed by atoms with Crippen molar-refractivity contribution in [2.24, 2.45) is 0 Å². The largest absolute Gasteiger partial charge is 0.456 e. The molecule has 1 heteroatoms. The molecule has 3 rings (SSSR count). The first kappa shape index (κ1) is 11.8. The molecule has 94 valence electrons. The summed E-state index contributed by atoms with van der Waals surface area (Å²) in [5.74, 6) is 1.89. The summed E-state index contributed by atoms with van der Waals surface area (Å²) in [7, 11) is 0. The van der Waals surface area contributed by atoms with E-state index in [2.05, 4.69) is 50.3 Å². The first-order chi connectivity index (χ1) is 9.25. The van der Waals surface area contributed by atoms with Crippen LogP contribution in [0.15, 0.2) is 65.9 Å². The van der Waals surface area contributed by atoms with Crippen LogP contribution in [0, 0.1) is 0 Å². The van der Waals surface area contributed by atoms with Crippen molar-refractivity contribution in [3.05, 3.63) is 77.1 Å². The Kier molecular flexibility index (Phi) is 2.96. The zero-order valence-electron chi connectivity index (χ0n) is 11.2. The molecule has 1 aliphatic heterocycles. The quantitative estimate of drug-likeness (QED) is 0.696. The van der Waals surface area contributed by atoms with Gasteiger partial charge in [-0.25, -0.2) is 0 Å². The summed E-state index contributed by atoms with van der Waals surface area (Å²) in [5, 5.41) is 0. The summed E-state index contributed by atoms with van der Waals surface area (Å²) in [6, 6.07) is 18.5. The topological polar surface area (TPSA) is 9.23 Å². The van der Waals surface area contributed by atoms with Crippen molar-refractivity contribution in [1.29, 1.82) is 0 Å². The van der Waals surface area contributed by atoms with E-state index in [4.69, 9.17) is 4.74 Å². The monoisotopic (exact) mass is 248 g/mol. The highest BCUT2D eigenvalue weighted by molar-refractivity contribution is 5.93. The van der Waals surface area contributed by atoms with E-state index in [1.54, 1.807) is 0 Å². The molecule has 0 bridgehead atoms. The second-order valence-electron chi connectivity index (χ2n) is 4.89. The number of allylic oxidation sites excluding steroid dienone is 2. The average Bonchev–Trinajstić information content (AvgIpc) is 2.46. The Balaban J connectivity index is 2.20. The predicted octanol–water partition coefficient (Wildman–Crippen LogP) is 4.91. The lowest BCUT2D eigenvalue weighted by molar-refractivity contribution is 0.439. The minimum Gasteiger partial charge on any atom is -0.456 e. The van der Waals surface area contributed by atoms with Crippen LogP contribution in [-0.4, -0.2) is 0 Å². The van der Waals surface area contributed by atoms with Gasteiger partial charge in [0.05, 0.1) is 0 Å². The molecule has 0 unspecified atom stereocenters. The number of para-hydroxylation sites is 1. The molecule has 2 aromatic rings. The molecule has 0 atom stereocenters. The lowest BCUT2D eigenvalue weighted by Gasteiger charge is -2.22. The van der Waals surface area contributed by atoms with Crippen LogP contribution in [0.5, 0.6) is 5.75 Å². The van der Waals surface area contributed by atoms with Gasteiger partial charge < -0.3 is 4.74 Å². The predicted molar refractivity (Wildman–Crippen MR) is 79.8 cm³/mol. The number of ether oxygens (including phenoxy) is 1. The van der Waals surface area contributed by atoms with E-state index < -0.39 is 0 Å². The molecule has 0 aromatic heterocycles. The number of hydrogen-bond donors (Lipinski definition) is 0. The maximum atomic E-state index is 6.07. The average molecular weight is 248 g/mol. The molecule has 0 saturated carbocycles. The van der Waals surface area contributed by atoms with Crippen molar-refractivity contribution in [3.63, 3.8) is 0 Å². The van der Waals surface area contributed by atoms with Crippen LogP contribution in [0.4, 0.5) is 0 Å². The molecule has 0 aliphatic carbocycles. The van der Waals surface area contributed by atoms with Gasteiger partial charge in [0.1, 0.15) is 11.5 Å². The Bertz CT molecular complexity index is 659. The summed E-state index contributed by atoms with van der Waals surface area (Å²) >= 11 is 0. The van der Waals surface area contributed by atoms with Crippen LogP contribution in [0.25, 0.3) is 11.6 Å². The van der Waals surface area contributed by atoms with Gasteiger partial charge in [-0.3, -0.25) is 0 Å². The standard InChI is InChI=1S/C18H16O/c1-13(2)18-16(14-8-4-3-5-9-14)12-15-10-6-7-11-17(15)19-18/h3-12H,1-2H3. The third kappa shape index (κ3) is 2.19. The third-order valence-electron chi connectivity index (χ3n) is 3.21. The molecule has 19 heavy (non-hydrogen) atoms. The van der Waals surface area contributed by atoms with Crippen molar-refractivity contribution in [1.82, 2.24) is 0 Å². The zero-order chi connectivity index (χ0) is 13.2. The summed E-state index contributed by atoms with van der Waals surface area (Å²) in [6.07, 6.45) is 2.20. The molecule has 1 aliphatic rings. The van der Waals surface area contributed by atoms with E-state index in [-0.39, 0.29) is 0 Å². The van der Waals surface area contributed by atoms with Crippen LogP contribution in [-0.2, 0) is 0 Å². The Morgan fingerprint density at radius 3 is 2.26 bits per heavy atom. The summed E-state index contributed by atoms with van der Waals surface area (Å²) in [6.45, 7) is 4.17. The summed E-state index contributed by atoms with van der Waals surface area (Å²) in [5.41, 5.74) is 4.66. The van der Waals surface area contributed by atoms with Crippen molar-refractivity contribution in [2.75, 3.05) is 0 Å². The molecule has 1 heterocycles. The van der Waals surface area contributed by atoms with Crippen LogP contribution in [0.3, 0.4) is 0 Å². The minimum atomic E-state index is 0.929. The van der Waals surface area contributed by atoms with Gasteiger partial charge >= 0.3 is 0 Å². The number of fused-ring (bicyclic) bond motifs is 1. The van der Waals surface area contributed by atoms with Gasteiger partial charge in [-0.15, -0.1) is 0 Å². The normalized spacial score (nSPS) is 13.4. The Labute approximate surface area is 113 Å². The Hall–Kier alpha value is -2.28. The Morgan fingerprint density at radius 1 is 0.842 bits per heavy atom. The molecule has 0 radical (unpaired) electrons. The molecular weight excluding hydrogens is 232 g/mol. The maximum Gasteiger partial charge on any atom is 0.134 e. The summed E-state index contributed by atoms with van der Waals surface area (Å²) in [4.78, 5) is 0. The molecular formula is C18H16O. The second kappa shape index (κ2) is 4.77. The van der Waals surface area contributed by atoms with Gasteiger partial charge in [0.25, 0.3) is 0 Å². The number of hydrogen-bond acceptors (Lipinski definition) is 1. The molecule has 0 saturated heterocycles. The molecule has 0 amide bonds. The van der Waals surface area contributed by atoms with E-state index >= 15 is 0 Å². The lowest BCUT2D eigenvalue weighted by atomic mass is 9.96. The third-order valence-corrected chi connectivity index (χ3v) is 3.21. The lowest BCUT2D eigenvalue weighted by Crippen LogP contribution is -2.06. The highest BCUT2D eigenvalue weighted by atomic mass is 16.5. The minimum absolute atomic E-state index is 0.929. The van der Waals surface area contributed by atoms with Crippen LogP contribution in [0.1, 0.15) is 25.0 Å². The molecule has 0 N–H and O–H groups in total. The van der Waals surface area contributed by atoms with E-state index in [0.29, 0.717) is 0 Å². The smallest absolute Gasteiger partial charge is 0.134 e. The highest BCUT2D eigenvalue weighted by Crippen LogP contribution is 2.37. The summed E-state index contributed by atoms with van der Waals surface area (Å²) < 4.78 is 6.07. The zero-order valence-corrected chi connectivity index (χ0v) is 11.2. The van der Waals surface area contributed by atoms with Crippen molar-refractivity contribution in [2.45, 2.75) is 13.8 Å². The van der Waals surface area contributed by atoms with Gasteiger partial charge in [0.15, 0.2) is 0 Å². The fourth-order valence-corrected chi connectivity index (χ4v) is 2.28. The van der Waals surface area contributed by atoms with Gasteiger partial charge in [-0.1, -0.05) is 48.5 Å². The highest BCUT2D eigenvalue weighted by Gasteiger charge is 2.18. The van der Waals surface area contributed by atoms with Gasteiger partial charge in [-0.2, -0.15) is 0 Å². The molecule has 0 fully saturated rings. The van der Waals surface area contributed by atoms with Gasteiger partial charge in [0.2, 0.25) is 0 Å². The fourth-order valence-electron chi connectivity index (χ4n) is 2.28. The maximum absolute atomic E-state index is 6.07. The van der Waals surface area contributed by atoms with Crippen LogP contribution >= 0.6 is 0 Å². The van der Waals surface area contributed by atoms with Crippen LogP contribution in [0.2, 0.25) is 0 Å². The van der Waals surface area contributed by atoms with Crippen LogP contribution < -0.4 is 4.74 Å². The molecule has 0 spiro atoms.